The predicted octanol–water partition coefficient (Wildman–Crippen LogP) is 0.931. The van der Waals surface area contributed by atoms with Crippen LogP contribution >= 0.6 is 11.3 Å². The van der Waals surface area contributed by atoms with E-state index in [0.29, 0.717) is 6.54 Å². The summed E-state index contributed by atoms with van der Waals surface area (Å²) in [5.41, 5.74) is 3.85. The van der Waals surface area contributed by atoms with Crippen LogP contribution in [0.1, 0.15) is 28.8 Å². The van der Waals surface area contributed by atoms with Crippen molar-refractivity contribution in [2.45, 2.75) is 25.9 Å². The smallest absolute Gasteiger partial charge is 0.243 e. The molecule has 0 bridgehead atoms. The fourth-order valence-corrected chi connectivity index (χ4v) is 3.61. The van der Waals surface area contributed by atoms with Gasteiger partial charge in [-0.25, -0.2) is 9.97 Å². The fraction of sp³-hybridized carbons (Fsp3) is 0.357. The monoisotopic (exact) mass is 316 g/mol. The molecular formula is C14H16N6OS. The number of H-pyrrole nitrogens is 1. The number of nitrogens with zero attached hydrogens (tertiary/aromatic N) is 3. The Kier molecular flexibility index (Phi) is 3.20. The molecule has 0 saturated carbocycles. The number of hydrogen-bond donors (Lipinski definition) is 3. The minimum absolute atomic E-state index is 0.0684. The van der Waals surface area contributed by atoms with E-state index >= 15 is 0 Å². The number of amides is 1. The lowest BCUT2D eigenvalue weighted by molar-refractivity contribution is -0.123. The number of thiazole rings is 1. The maximum atomic E-state index is 12.4. The van der Waals surface area contributed by atoms with E-state index in [1.54, 1.807) is 17.7 Å². The Morgan fingerprint density at radius 3 is 3.36 bits per heavy atom. The molecule has 0 fully saturated rings. The molecule has 8 heteroatoms. The lowest BCUT2D eigenvalue weighted by Crippen LogP contribution is -2.41. The average Bonchev–Trinajstić information content (AvgIpc) is 3.21. The number of aryl methyl sites for hydroxylation is 1. The number of aromatic nitrogens is 4. The van der Waals surface area contributed by atoms with Crippen LogP contribution in [-0.4, -0.2) is 31.8 Å². The van der Waals surface area contributed by atoms with Gasteiger partial charge in [0.1, 0.15) is 6.04 Å². The highest BCUT2D eigenvalue weighted by Gasteiger charge is 2.28. The molecule has 22 heavy (non-hydrogen) atoms. The molecule has 1 atom stereocenters. The molecule has 114 valence electrons. The lowest BCUT2D eigenvalue weighted by Gasteiger charge is -2.21. The summed E-state index contributed by atoms with van der Waals surface area (Å²) in [5, 5.41) is 8.22. The van der Waals surface area contributed by atoms with E-state index in [2.05, 4.69) is 31.0 Å². The van der Waals surface area contributed by atoms with Gasteiger partial charge in [0.15, 0.2) is 4.96 Å². The third kappa shape index (κ3) is 2.20. The van der Waals surface area contributed by atoms with Crippen LogP contribution in [-0.2, 0) is 17.8 Å². The van der Waals surface area contributed by atoms with E-state index in [1.165, 1.54) is 0 Å². The summed E-state index contributed by atoms with van der Waals surface area (Å²) in [7, 11) is 0. The zero-order chi connectivity index (χ0) is 15.1. The van der Waals surface area contributed by atoms with Crippen molar-refractivity contribution in [1.29, 1.82) is 0 Å². The molecule has 4 heterocycles. The van der Waals surface area contributed by atoms with Gasteiger partial charge >= 0.3 is 0 Å². The van der Waals surface area contributed by atoms with Crippen LogP contribution in [0, 0.1) is 6.92 Å². The van der Waals surface area contributed by atoms with Crippen molar-refractivity contribution in [3.05, 3.63) is 40.7 Å². The normalized spacial score (nSPS) is 17.6. The molecule has 0 spiro atoms. The van der Waals surface area contributed by atoms with Gasteiger partial charge < -0.3 is 15.6 Å². The highest BCUT2D eigenvalue weighted by Crippen LogP contribution is 2.19. The molecule has 0 aromatic carbocycles. The van der Waals surface area contributed by atoms with Crippen molar-refractivity contribution >= 4 is 22.2 Å². The Morgan fingerprint density at radius 1 is 1.59 bits per heavy atom. The van der Waals surface area contributed by atoms with Gasteiger partial charge in [0, 0.05) is 35.9 Å². The molecule has 1 aliphatic rings. The number of nitrogens with one attached hydrogen (secondary N) is 3. The molecule has 7 nitrogen and oxygen atoms in total. The van der Waals surface area contributed by atoms with Crippen molar-refractivity contribution in [3.8, 4) is 0 Å². The number of carbonyl (C=O) groups excluding carboxylic acids is 1. The second-order valence-electron chi connectivity index (χ2n) is 5.38. The largest absolute Gasteiger partial charge is 0.349 e. The molecule has 0 radical (unpaired) electrons. The third-order valence-corrected chi connectivity index (χ3v) is 4.85. The SMILES string of the molecule is Cc1csc2nc(CNC(=O)C3NCCc4[nH]cnc43)cn12. The first-order chi connectivity index (χ1) is 10.7. The molecule has 0 aliphatic carbocycles. The first-order valence-electron chi connectivity index (χ1n) is 7.17. The van der Waals surface area contributed by atoms with E-state index in [9.17, 15) is 4.79 Å². The Bertz CT molecular complexity index is 831. The lowest BCUT2D eigenvalue weighted by atomic mass is 10.1. The van der Waals surface area contributed by atoms with Crippen molar-refractivity contribution in [2.24, 2.45) is 0 Å². The first kappa shape index (κ1) is 13.5. The fourth-order valence-electron chi connectivity index (χ4n) is 2.74. The van der Waals surface area contributed by atoms with Crippen LogP contribution in [0.25, 0.3) is 4.96 Å². The Labute approximate surface area is 130 Å². The summed E-state index contributed by atoms with van der Waals surface area (Å²) in [6.45, 7) is 3.23. The second kappa shape index (κ2) is 5.22. The van der Waals surface area contributed by atoms with Gasteiger partial charge in [-0.15, -0.1) is 11.3 Å². The van der Waals surface area contributed by atoms with Crippen molar-refractivity contribution in [2.75, 3.05) is 6.54 Å². The third-order valence-electron chi connectivity index (χ3n) is 3.89. The molecule has 0 saturated heterocycles. The van der Waals surface area contributed by atoms with Crippen molar-refractivity contribution in [1.82, 2.24) is 30.0 Å². The molecule has 1 amide bonds. The van der Waals surface area contributed by atoms with Crippen LogP contribution < -0.4 is 10.6 Å². The number of carbonyl (C=O) groups is 1. The van der Waals surface area contributed by atoms with Gasteiger partial charge in [0.2, 0.25) is 5.91 Å². The van der Waals surface area contributed by atoms with E-state index < -0.39 is 0 Å². The van der Waals surface area contributed by atoms with Crippen LogP contribution in [0.4, 0.5) is 0 Å². The van der Waals surface area contributed by atoms with Gasteiger partial charge in [-0.2, -0.15) is 0 Å². The van der Waals surface area contributed by atoms with Crippen LogP contribution in [0.3, 0.4) is 0 Å². The average molecular weight is 316 g/mol. The summed E-state index contributed by atoms with van der Waals surface area (Å²) >= 11 is 1.60. The Hall–Kier alpha value is -2.19. The van der Waals surface area contributed by atoms with E-state index in [4.69, 9.17) is 0 Å². The minimum atomic E-state index is -0.388. The molecule has 1 aliphatic heterocycles. The number of rotatable bonds is 3. The van der Waals surface area contributed by atoms with Gasteiger partial charge in [-0.3, -0.25) is 9.20 Å². The van der Waals surface area contributed by atoms with Crippen molar-refractivity contribution in [3.63, 3.8) is 0 Å². The van der Waals surface area contributed by atoms with E-state index in [-0.39, 0.29) is 11.9 Å². The van der Waals surface area contributed by atoms with Crippen molar-refractivity contribution < 1.29 is 4.79 Å². The summed E-state index contributed by atoms with van der Waals surface area (Å²) in [4.78, 5) is 25.2. The molecule has 1 unspecified atom stereocenters. The standard InChI is InChI=1S/C14H16N6OS/c1-8-6-22-14-19-9(5-20(8)14)4-16-13(21)12-11-10(2-3-15-12)17-7-18-11/h5-7,12,15H,2-4H2,1H3,(H,16,21)(H,17,18). The number of aromatic amines is 1. The zero-order valence-corrected chi connectivity index (χ0v) is 12.9. The maximum absolute atomic E-state index is 12.4. The van der Waals surface area contributed by atoms with Gasteiger partial charge in [-0.1, -0.05) is 0 Å². The van der Waals surface area contributed by atoms with E-state index in [0.717, 1.165) is 40.7 Å². The summed E-state index contributed by atoms with van der Waals surface area (Å²) in [5.74, 6) is -0.0684. The zero-order valence-electron chi connectivity index (χ0n) is 12.1. The molecular weight excluding hydrogens is 300 g/mol. The molecule has 4 rings (SSSR count). The first-order valence-corrected chi connectivity index (χ1v) is 8.05. The van der Waals surface area contributed by atoms with Gasteiger partial charge in [0.25, 0.3) is 0 Å². The summed E-state index contributed by atoms with van der Waals surface area (Å²) < 4.78 is 2.04. The number of imidazole rings is 2. The predicted molar refractivity (Wildman–Crippen MR) is 82.7 cm³/mol. The topological polar surface area (TPSA) is 87.1 Å². The summed E-state index contributed by atoms with van der Waals surface area (Å²) in [6, 6.07) is -0.388. The Morgan fingerprint density at radius 2 is 2.50 bits per heavy atom. The molecule has 3 aromatic heterocycles. The molecule has 3 N–H and O–H groups in total. The van der Waals surface area contributed by atoms with E-state index in [1.807, 2.05) is 17.5 Å². The highest BCUT2D eigenvalue weighted by atomic mass is 32.1. The van der Waals surface area contributed by atoms with Crippen LogP contribution in [0.5, 0.6) is 0 Å². The maximum Gasteiger partial charge on any atom is 0.243 e. The highest BCUT2D eigenvalue weighted by molar-refractivity contribution is 7.15. The molecule has 3 aromatic rings. The van der Waals surface area contributed by atoms with Gasteiger partial charge in [-0.05, 0) is 6.92 Å². The number of fused-ring (bicyclic) bond motifs is 2. The summed E-state index contributed by atoms with van der Waals surface area (Å²) in [6.07, 6.45) is 4.48. The second-order valence-corrected chi connectivity index (χ2v) is 6.22. The minimum Gasteiger partial charge on any atom is -0.349 e. The quantitative estimate of drug-likeness (QED) is 0.671. The van der Waals surface area contributed by atoms with Crippen LogP contribution in [0.2, 0.25) is 0 Å². The number of hydrogen-bond acceptors (Lipinski definition) is 5. The van der Waals surface area contributed by atoms with Crippen LogP contribution in [0.15, 0.2) is 17.9 Å². The Balaban J connectivity index is 1.47. The van der Waals surface area contributed by atoms with Gasteiger partial charge in [0.05, 0.1) is 24.3 Å².